The van der Waals surface area contributed by atoms with E-state index in [1.165, 1.54) is 0 Å². The number of rotatable bonds is 1. The zero-order chi connectivity index (χ0) is 14.3. The molecule has 100 valence electrons. The number of aromatic nitrogens is 2. The molecule has 0 radical (unpaired) electrons. The van der Waals surface area contributed by atoms with Crippen LogP contribution in [0.2, 0.25) is 10.0 Å². The quantitative estimate of drug-likeness (QED) is 0.720. The molecule has 0 amide bonds. The molecule has 2 aromatic carbocycles. The van der Waals surface area contributed by atoms with Crippen molar-refractivity contribution < 1.29 is 0 Å². The molecule has 5 heteroatoms. The number of anilines is 1. The van der Waals surface area contributed by atoms with Gasteiger partial charge in [-0.25, -0.2) is 9.97 Å². The minimum Gasteiger partial charge on any atom is -0.383 e. The molecule has 1 aromatic heterocycles. The van der Waals surface area contributed by atoms with Crippen LogP contribution in [0.5, 0.6) is 0 Å². The van der Waals surface area contributed by atoms with Crippen molar-refractivity contribution in [2.45, 2.75) is 6.92 Å². The van der Waals surface area contributed by atoms with Gasteiger partial charge in [-0.3, -0.25) is 0 Å². The van der Waals surface area contributed by atoms with Crippen molar-refractivity contribution in [1.29, 1.82) is 0 Å². The number of benzene rings is 2. The van der Waals surface area contributed by atoms with Crippen LogP contribution in [-0.2, 0) is 0 Å². The first kappa shape index (κ1) is 13.2. The van der Waals surface area contributed by atoms with E-state index in [2.05, 4.69) is 9.97 Å². The van der Waals surface area contributed by atoms with Crippen LogP contribution in [0, 0.1) is 6.92 Å². The normalized spacial score (nSPS) is 10.9. The van der Waals surface area contributed by atoms with Gasteiger partial charge in [-0.2, -0.15) is 0 Å². The van der Waals surface area contributed by atoms with E-state index in [-0.39, 0.29) is 0 Å². The van der Waals surface area contributed by atoms with Crippen molar-refractivity contribution in [1.82, 2.24) is 9.97 Å². The molecule has 0 spiro atoms. The molecule has 3 nitrogen and oxygen atoms in total. The molecule has 20 heavy (non-hydrogen) atoms. The molecule has 0 fully saturated rings. The summed E-state index contributed by atoms with van der Waals surface area (Å²) in [4.78, 5) is 8.85. The molecule has 0 atom stereocenters. The Morgan fingerprint density at radius 2 is 1.85 bits per heavy atom. The van der Waals surface area contributed by atoms with Crippen LogP contribution in [0.15, 0.2) is 36.4 Å². The summed E-state index contributed by atoms with van der Waals surface area (Å²) in [6.45, 7) is 1.94. The lowest BCUT2D eigenvalue weighted by Gasteiger charge is -2.08. The highest BCUT2D eigenvalue weighted by atomic mass is 35.5. The van der Waals surface area contributed by atoms with Crippen molar-refractivity contribution in [3.63, 3.8) is 0 Å². The highest BCUT2D eigenvalue weighted by molar-refractivity contribution is 6.34. The maximum absolute atomic E-state index is 6.32. The van der Waals surface area contributed by atoms with Gasteiger partial charge in [0.05, 0.1) is 10.5 Å². The van der Waals surface area contributed by atoms with Crippen LogP contribution in [0.25, 0.3) is 22.3 Å². The number of nitrogens with zero attached hydrogens (tertiary/aromatic N) is 2. The summed E-state index contributed by atoms with van der Waals surface area (Å²) in [5.41, 5.74) is 8.44. The smallest absolute Gasteiger partial charge is 0.163 e. The molecule has 1 heterocycles. The molecular formula is C15H11Cl2N3. The van der Waals surface area contributed by atoms with E-state index in [4.69, 9.17) is 28.9 Å². The van der Waals surface area contributed by atoms with E-state index in [0.29, 0.717) is 27.2 Å². The molecule has 3 aromatic rings. The summed E-state index contributed by atoms with van der Waals surface area (Å²) in [5.74, 6) is 0.921. The fourth-order valence-electron chi connectivity index (χ4n) is 2.07. The van der Waals surface area contributed by atoms with Gasteiger partial charge in [0.1, 0.15) is 5.82 Å². The number of nitrogens with two attached hydrogens (primary N) is 1. The number of nitrogen functional groups attached to an aromatic ring is 1. The first-order chi connectivity index (χ1) is 9.56. The standard InChI is InChI=1S/C15H11Cl2N3/c1-8-3-2-4-11(13(8)17)15-19-12-7-9(16)5-6-10(12)14(18)20-15/h2-7H,1H3,(H2,18,19,20). The monoisotopic (exact) mass is 303 g/mol. The Hall–Kier alpha value is -1.84. The second-order valence-corrected chi connectivity index (χ2v) is 5.34. The second-order valence-electron chi connectivity index (χ2n) is 4.53. The Morgan fingerprint density at radius 1 is 1.05 bits per heavy atom. The van der Waals surface area contributed by atoms with E-state index >= 15 is 0 Å². The van der Waals surface area contributed by atoms with Gasteiger partial charge >= 0.3 is 0 Å². The lowest BCUT2D eigenvalue weighted by molar-refractivity contribution is 1.23. The largest absolute Gasteiger partial charge is 0.383 e. The van der Waals surface area contributed by atoms with Gasteiger partial charge in [0.15, 0.2) is 5.82 Å². The Kier molecular flexibility index (Phi) is 3.24. The lowest BCUT2D eigenvalue weighted by Crippen LogP contribution is -1.98. The predicted octanol–water partition coefficient (Wildman–Crippen LogP) is 4.49. The number of aryl methyl sites for hydroxylation is 1. The first-order valence-electron chi connectivity index (χ1n) is 6.04. The van der Waals surface area contributed by atoms with Crippen LogP contribution in [0.1, 0.15) is 5.56 Å². The molecule has 0 unspecified atom stereocenters. The van der Waals surface area contributed by atoms with E-state index in [1.807, 2.05) is 31.2 Å². The molecule has 0 aliphatic carbocycles. The number of halogens is 2. The van der Waals surface area contributed by atoms with Crippen molar-refractivity contribution in [3.8, 4) is 11.4 Å². The molecule has 0 aliphatic rings. The third kappa shape index (κ3) is 2.19. The third-order valence-corrected chi connectivity index (χ3v) is 3.86. The highest BCUT2D eigenvalue weighted by Crippen LogP contribution is 2.31. The van der Waals surface area contributed by atoms with E-state index in [0.717, 1.165) is 16.5 Å². The second kappa shape index (κ2) is 4.93. The van der Waals surface area contributed by atoms with Gasteiger partial charge in [-0.15, -0.1) is 0 Å². The minimum atomic E-state index is 0.416. The molecule has 0 bridgehead atoms. The molecular weight excluding hydrogens is 293 g/mol. The van der Waals surface area contributed by atoms with Crippen molar-refractivity contribution in [2.24, 2.45) is 0 Å². The van der Waals surface area contributed by atoms with E-state index in [1.54, 1.807) is 12.1 Å². The number of hydrogen-bond donors (Lipinski definition) is 1. The fourth-order valence-corrected chi connectivity index (χ4v) is 2.44. The number of fused-ring (bicyclic) bond motifs is 1. The average Bonchev–Trinajstić information content (AvgIpc) is 2.41. The Balaban J connectivity index is 2.29. The highest BCUT2D eigenvalue weighted by Gasteiger charge is 2.11. The van der Waals surface area contributed by atoms with Crippen molar-refractivity contribution >= 4 is 39.9 Å². The summed E-state index contributed by atoms with van der Waals surface area (Å²) in [6, 6.07) is 11.1. The van der Waals surface area contributed by atoms with Crippen LogP contribution < -0.4 is 5.73 Å². The third-order valence-electron chi connectivity index (χ3n) is 3.12. The average molecular weight is 304 g/mol. The lowest BCUT2D eigenvalue weighted by atomic mass is 10.1. The summed E-state index contributed by atoms with van der Waals surface area (Å²) < 4.78 is 0. The maximum atomic E-state index is 6.32. The molecule has 0 aliphatic heterocycles. The van der Waals surface area contributed by atoms with Gasteiger partial charge in [-0.05, 0) is 36.8 Å². The summed E-state index contributed by atoms with van der Waals surface area (Å²) >= 11 is 12.3. The Morgan fingerprint density at radius 3 is 2.65 bits per heavy atom. The maximum Gasteiger partial charge on any atom is 0.163 e. The van der Waals surface area contributed by atoms with Crippen LogP contribution in [-0.4, -0.2) is 9.97 Å². The molecule has 0 saturated carbocycles. The fraction of sp³-hybridized carbons (Fsp3) is 0.0667. The van der Waals surface area contributed by atoms with Gasteiger partial charge in [0, 0.05) is 16.0 Å². The zero-order valence-corrected chi connectivity index (χ0v) is 12.2. The predicted molar refractivity (Wildman–Crippen MR) is 84.1 cm³/mol. The summed E-state index contributed by atoms with van der Waals surface area (Å²) in [7, 11) is 0. The summed E-state index contributed by atoms with van der Waals surface area (Å²) in [5, 5.41) is 2.02. The first-order valence-corrected chi connectivity index (χ1v) is 6.80. The van der Waals surface area contributed by atoms with Gasteiger partial charge in [-0.1, -0.05) is 35.3 Å². The SMILES string of the molecule is Cc1cccc(-c2nc(N)c3ccc(Cl)cc3n2)c1Cl. The molecule has 0 saturated heterocycles. The Bertz CT molecular complexity index is 816. The van der Waals surface area contributed by atoms with E-state index in [9.17, 15) is 0 Å². The van der Waals surface area contributed by atoms with Crippen LogP contribution >= 0.6 is 23.2 Å². The van der Waals surface area contributed by atoms with Gasteiger partial charge in [0.2, 0.25) is 0 Å². The topological polar surface area (TPSA) is 51.8 Å². The van der Waals surface area contributed by atoms with Gasteiger partial charge < -0.3 is 5.73 Å². The van der Waals surface area contributed by atoms with Crippen molar-refractivity contribution in [2.75, 3.05) is 5.73 Å². The minimum absolute atomic E-state index is 0.416. The van der Waals surface area contributed by atoms with Crippen LogP contribution in [0.3, 0.4) is 0 Å². The van der Waals surface area contributed by atoms with E-state index < -0.39 is 0 Å². The van der Waals surface area contributed by atoms with Crippen LogP contribution in [0.4, 0.5) is 5.82 Å². The van der Waals surface area contributed by atoms with Crippen molar-refractivity contribution in [3.05, 3.63) is 52.0 Å². The summed E-state index contributed by atoms with van der Waals surface area (Å²) in [6.07, 6.45) is 0. The number of hydrogen-bond acceptors (Lipinski definition) is 3. The molecule has 2 N–H and O–H groups in total. The van der Waals surface area contributed by atoms with Gasteiger partial charge in [0.25, 0.3) is 0 Å². The Labute approximate surface area is 126 Å². The zero-order valence-electron chi connectivity index (χ0n) is 10.7. The molecule has 3 rings (SSSR count).